The topological polar surface area (TPSA) is 126 Å². The van der Waals surface area contributed by atoms with E-state index in [1.165, 1.54) is 6.20 Å². The third-order valence-electron chi connectivity index (χ3n) is 0.766. The van der Waals surface area contributed by atoms with Gasteiger partial charge in [-0.15, -0.1) is 0 Å². The lowest BCUT2D eigenvalue weighted by molar-refractivity contribution is -0.159. The van der Waals surface area contributed by atoms with E-state index < -0.39 is 11.9 Å². The van der Waals surface area contributed by atoms with Gasteiger partial charge in [-0.2, -0.15) is 0 Å². The van der Waals surface area contributed by atoms with Crippen LogP contribution in [0.1, 0.15) is 0 Å². The Morgan fingerprint density at radius 3 is 1.92 bits per heavy atom. The summed E-state index contributed by atoms with van der Waals surface area (Å²) in [4.78, 5) is 25.6. The third-order valence-corrected chi connectivity index (χ3v) is 0.766. The van der Waals surface area contributed by atoms with Crippen molar-refractivity contribution >= 4 is 17.8 Å². The number of rotatable bonds is 0. The molecule has 0 saturated carbocycles. The van der Waals surface area contributed by atoms with E-state index in [4.69, 9.17) is 25.5 Å². The molecule has 0 saturated heterocycles. The molecule has 0 aliphatic heterocycles. The summed E-state index contributed by atoms with van der Waals surface area (Å²) in [6.07, 6.45) is 4.63. The Bertz CT molecular complexity index is 275. The van der Waals surface area contributed by atoms with E-state index in [9.17, 15) is 0 Å². The number of anilines is 1. The van der Waals surface area contributed by atoms with Crippen molar-refractivity contribution in [2.24, 2.45) is 0 Å². The number of carboxylic acid groups (broad SMARTS) is 2. The Hall–Kier alpha value is -2.18. The van der Waals surface area contributed by atoms with E-state index in [0.717, 1.165) is 0 Å². The molecule has 1 rings (SSSR count). The van der Waals surface area contributed by atoms with Crippen molar-refractivity contribution in [3.8, 4) is 0 Å². The number of carbonyl (C=O) groups is 2. The Morgan fingerprint density at radius 2 is 1.77 bits per heavy atom. The van der Waals surface area contributed by atoms with Gasteiger partial charge >= 0.3 is 11.9 Å². The molecule has 0 amide bonds. The van der Waals surface area contributed by atoms with E-state index >= 15 is 0 Å². The molecule has 13 heavy (non-hydrogen) atoms. The van der Waals surface area contributed by atoms with E-state index in [1.54, 1.807) is 12.4 Å². The maximum atomic E-state index is 9.10. The first-order valence-corrected chi connectivity index (χ1v) is 3.01. The molecule has 0 spiro atoms. The van der Waals surface area contributed by atoms with Crippen LogP contribution in [0, 0.1) is 0 Å². The minimum Gasteiger partial charge on any atom is -0.473 e. The van der Waals surface area contributed by atoms with Crippen molar-refractivity contribution in [3.63, 3.8) is 0 Å². The third kappa shape index (κ3) is 6.23. The lowest BCUT2D eigenvalue weighted by atomic mass is 10.7. The molecule has 0 unspecified atom stereocenters. The summed E-state index contributed by atoms with van der Waals surface area (Å²) in [5, 5.41) is 14.8. The highest BCUT2D eigenvalue weighted by atomic mass is 16.4. The molecule has 1 heterocycles. The molecular formula is C6H7N3O4. The van der Waals surface area contributed by atoms with Crippen LogP contribution in [0.2, 0.25) is 0 Å². The van der Waals surface area contributed by atoms with E-state index in [1.807, 2.05) is 0 Å². The molecule has 1 aromatic heterocycles. The predicted molar refractivity (Wildman–Crippen MR) is 41.7 cm³/mol. The van der Waals surface area contributed by atoms with Gasteiger partial charge in [0.15, 0.2) is 0 Å². The fourth-order valence-electron chi connectivity index (χ4n) is 0.311. The molecule has 0 radical (unpaired) electrons. The average Bonchev–Trinajstić information content (AvgIpc) is 2.06. The van der Waals surface area contributed by atoms with Crippen molar-refractivity contribution in [3.05, 3.63) is 18.6 Å². The van der Waals surface area contributed by atoms with E-state index in [2.05, 4.69) is 9.97 Å². The molecule has 1 aromatic rings. The van der Waals surface area contributed by atoms with E-state index in [0.29, 0.717) is 5.82 Å². The van der Waals surface area contributed by atoms with Gasteiger partial charge in [0.1, 0.15) is 5.82 Å². The summed E-state index contributed by atoms with van der Waals surface area (Å²) in [6, 6.07) is 0. The van der Waals surface area contributed by atoms with Crippen LogP contribution in [-0.4, -0.2) is 32.1 Å². The molecule has 0 fully saturated rings. The molecule has 0 atom stereocenters. The molecule has 4 N–H and O–H groups in total. The summed E-state index contributed by atoms with van der Waals surface area (Å²) in [6.45, 7) is 0. The molecule has 70 valence electrons. The van der Waals surface area contributed by atoms with Crippen LogP contribution in [0.4, 0.5) is 5.82 Å². The second-order valence-electron chi connectivity index (χ2n) is 1.74. The first kappa shape index (κ1) is 10.8. The molecule has 7 nitrogen and oxygen atoms in total. The normalized spacial score (nSPS) is 8.00. The summed E-state index contributed by atoms with van der Waals surface area (Å²) in [5.74, 6) is -3.19. The maximum Gasteiger partial charge on any atom is 0.414 e. The van der Waals surface area contributed by atoms with E-state index in [-0.39, 0.29) is 0 Å². The second kappa shape index (κ2) is 5.47. The van der Waals surface area contributed by atoms with Crippen molar-refractivity contribution in [2.45, 2.75) is 0 Å². The highest BCUT2D eigenvalue weighted by Crippen LogP contribution is 1.84. The minimum absolute atomic E-state index is 0.461. The van der Waals surface area contributed by atoms with Crippen LogP contribution in [-0.2, 0) is 9.59 Å². The van der Waals surface area contributed by atoms with Gasteiger partial charge in [0.25, 0.3) is 0 Å². The van der Waals surface area contributed by atoms with Gasteiger partial charge in [0.2, 0.25) is 0 Å². The second-order valence-corrected chi connectivity index (χ2v) is 1.74. The quantitative estimate of drug-likeness (QED) is 0.452. The zero-order chi connectivity index (χ0) is 10.3. The highest BCUT2D eigenvalue weighted by Gasteiger charge is 2.04. The fourth-order valence-corrected chi connectivity index (χ4v) is 0.311. The SMILES string of the molecule is Nc1cnccn1.O=C(O)C(=O)O. The number of aromatic nitrogens is 2. The zero-order valence-corrected chi connectivity index (χ0v) is 6.41. The number of carboxylic acids is 2. The highest BCUT2D eigenvalue weighted by molar-refractivity contribution is 6.27. The molecule has 0 aliphatic carbocycles. The fraction of sp³-hybridized carbons (Fsp3) is 0. The average molecular weight is 185 g/mol. The van der Waals surface area contributed by atoms with Crippen LogP contribution >= 0.6 is 0 Å². The van der Waals surface area contributed by atoms with Gasteiger partial charge in [-0.1, -0.05) is 0 Å². The monoisotopic (exact) mass is 185 g/mol. The molecule has 0 aromatic carbocycles. The Labute approximate surface area is 72.9 Å². The summed E-state index contributed by atoms with van der Waals surface area (Å²) >= 11 is 0. The van der Waals surface area contributed by atoms with Gasteiger partial charge in [0.05, 0.1) is 6.20 Å². The predicted octanol–water partition coefficient (Wildman–Crippen LogP) is -0.786. The number of nitrogens with zero attached hydrogens (tertiary/aromatic N) is 2. The summed E-state index contributed by atoms with van der Waals surface area (Å²) < 4.78 is 0. The van der Waals surface area contributed by atoms with Crippen LogP contribution in [0.5, 0.6) is 0 Å². The van der Waals surface area contributed by atoms with Gasteiger partial charge in [0, 0.05) is 12.4 Å². The standard InChI is InChI=1S/C4H5N3.C2H2O4/c5-4-3-6-1-2-7-4;3-1(4)2(5)6/h1-3H,(H2,5,7);(H,3,4)(H,5,6). The Morgan fingerprint density at radius 1 is 1.23 bits per heavy atom. The molecule has 0 aliphatic rings. The first-order chi connectivity index (χ1) is 6.04. The molecular weight excluding hydrogens is 178 g/mol. The molecule has 0 bridgehead atoms. The van der Waals surface area contributed by atoms with Crippen LogP contribution in [0.3, 0.4) is 0 Å². The number of nitrogen functional groups attached to an aromatic ring is 1. The molecule has 7 heteroatoms. The van der Waals surface area contributed by atoms with Crippen LogP contribution < -0.4 is 5.73 Å². The van der Waals surface area contributed by atoms with Crippen LogP contribution in [0.15, 0.2) is 18.6 Å². The maximum absolute atomic E-state index is 9.10. The van der Waals surface area contributed by atoms with Crippen molar-refractivity contribution in [2.75, 3.05) is 5.73 Å². The van der Waals surface area contributed by atoms with Gasteiger partial charge in [-0.25, -0.2) is 14.6 Å². The lowest BCUT2D eigenvalue weighted by Gasteiger charge is -1.82. The largest absolute Gasteiger partial charge is 0.473 e. The van der Waals surface area contributed by atoms with Crippen molar-refractivity contribution < 1.29 is 19.8 Å². The van der Waals surface area contributed by atoms with Gasteiger partial charge < -0.3 is 15.9 Å². The minimum atomic E-state index is -1.82. The summed E-state index contributed by atoms with van der Waals surface area (Å²) in [5.41, 5.74) is 5.18. The number of hydrogen-bond acceptors (Lipinski definition) is 5. The van der Waals surface area contributed by atoms with Crippen molar-refractivity contribution in [1.29, 1.82) is 0 Å². The van der Waals surface area contributed by atoms with Crippen LogP contribution in [0.25, 0.3) is 0 Å². The van der Waals surface area contributed by atoms with Gasteiger partial charge in [-0.3, -0.25) is 4.98 Å². The first-order valence-electron chi connectivity index (χ1n) is 3.01. The number of nitrogens with two attached hydrogens (primary N) is 1. The smallest absolute Gasteiger partial charge is 0.414 e. The number of hydrogen-bond donors (Lipinski definition) is 3. The Kier molecular flexibility index (Phi) is 4.55. The van der Waals surface area contributed by atoms with Crippen molar-refractivity contribution in [1.82, 2.24) is 9.97 Å². The lowest BCUT2D eigenvalue weighted by Crippen LogP contribution is -2.09. The zero-order valence-electron chi connectivity index (χ0n) is 6.41. The Balaban J connectivity index is 0.000000226. The number of aliphatic carboxylic acids is 2. The van der Waals surface area contributed by atoms with Gasteiger partial charge in [-0.05, 0) is 0 Å². The summed E-state index contributed by atoms with van der Waals surface area (Å²) in [7, 11) is 0.